The quantitative estimate of drug-likeness (QED) is 0.392. The summed E-state index contributed by atoms with van der Waals surface area (Å²) in [5.41, 5.74) is 0.520. The Hall–Kier alpha value is -3.80. The van der Waals surface area contributed by atoms with Gasteiger partial charge in [0, 0.05) is 29.6 Å². The van der Waals surface area contributed by atoms with Crippen LogP contribution < -0.4 is 14.8 Å². The maximum atomic E-state index is 14.8. The van der Waals surface area contributed by atoms with Crippen LogP contribution in [-0.2, 0) is 20.2 Å². The van der Waals surface area contributed by atoms with E-state index >= 15 is 0 Å². The zero-order valence-corrected chi connectivity index (χ0v) is 22.9. The molecule has 0 saturated carbocycles. The number of nitrogens with zero attached hydrogens (tertiary/aromatic N) is 3. The lowest BCUT2D eigenvalue weighted by Crippen LogP contribution is -2.22. The van der Waals surface area contributed by atoms with E-state index in [0.29, 0.717) is 36.4 Å². The van der Waals surface area contributed by atoms with E-state index < -0.39 is 33.1 Å². The van der Waals surface area contributed by atoms with Crippen molar-refractivity contribution in [3.05, 3.63) is 59.8 Å². The monoisotopic (exact) mass is 560 g/mol. The summed E-state index contributed by atoms with van der Waals surface area (Å²) in [5.74, 6) is -0.559. The first-order chi connectivity index (χ1) is 18.4. The Morgan fingerprint density at radius 3 is 2.62 bits per heavy atom. The molecule has 39 heavy (non-hydrogen) atoms. The molecule has 208 valence electrons. The molecule has 1 amide bonds. The predicted octanol–water partition coefficient (Wildman–Crippen LogP) is 6.25. The van der Waals surface area contributed by atoms with E-state index in [0.717, 1.165) is 6.20 Å². The van der Waals surface area contributed by atoms with Gasteiger partial charge >= 0.3 is 6.09 Å². The predicted molar refractivity (Wildman–Crippen MR) is 144 cm³/mol. The molecule has 2 heterocycles. The second-order valence-corrected chi connectivity index (χ2v) is 12.5. The number of ether oxygens (including phenoxy) is 3. The van der Waals surface area contributed by atoms with Crippen molar-refractivity contribution in [2.75, 3.05) is 24.8 Å². The molecule has 4 bridgehead atoms. The van der Waals surface area contributed by atoms with E-state index in [1.165, 1.54) is 24.5 Å². The van der Waals surface area contributed by atoms with E-state index in [2.05, 4.69) is 19.6 Å². The van der Waals surface area contributed by atoms with Gasteiger partial charge in [0.05, 0.1) is 34.9 Å². The number of carbonyl (C=O) groups excluding carboxylic acids is 1. The van der Waals surface area contributed by atoms with Crippen LogP contribution in [0.4, 0.5) is 25.2 Å². The molecule has 9 nitrogen and oxygen atoms in total. The summed E-state index contributed by atoms with van der Waals surface area (Å²) in [7, 11) is -3.00. The molecule has 0 spiro atoms. The highest BCUT2D eigenvalue weighted by Crippen LogP contribution is 2.33. The van der Waals surface area contributed by atoms with E-state index in [4.69, 9.17) is 14.2 Å². The summed E-state index contributed by atoms with van der Waals surface area (Å²) >= 11 is 0. The highest BCUT2D eigenvalue weighted by Gasteiger charge is 2.19. The minimum Gasteiger partial charge on any atom is -0.494 e. The average molecular weight is 561 g/mol. The maximum Gasteiger partial charge on any atom is 0.442 e. The molecular formula is C27H30F2N4O5S. The fourth-order valence-corrected chi connectivity index (χ4v) is 5.01. The second-order valence-electron chi connectivity index (χ2n) is 10.1. The Morgan fingerprint density at radius 1 is 1.13 bits per heavy atom. The van der Waals surface area contributed by atoms with Crippen LogP contribution in [0.2, 0.25) is 0 Å². The van der Waals surface area contributed by atoms with Crippen molar-refractivity contribution < 1.29 is 32.0 Å². The van der Waals surface area contributed by atoms with Crippen molar-refractivity contribution in [2.24, 2.45) is 4.36 Å². The van der Waals surface area contributed by atoms with Crippen molar-refractivity contribution in [1.29, 1.82) is 0 Å². The van der Waals surface area contributed by atoms with Gasteiger partial charge in [-0.1, -0.05) is 0 Å². The van der Waals surface area contributed by atoms with Gasteiger partial charge in [0.25, 0.3) is 0 Å². The molecular weight excluding hydrogens is 530 g/mol. The minimum absolute atomic E-state index is 0.0551. The molecule has 1 unspecified atom stereocenters. The Labute approximate surface area is 226 Å². The fraction of sp³-hybridized carbons (Fsp3) is 0.370. The van der Waals surface area contributed by atoms with Crippen LogP contribution >= 0.6 is 0 Å². The average Bonchev–Trinajstić information content (AvgIpc) is 2.80. The Kier molecular flexibility index (Phi) is 8.34. The molecule has 3 aromatic rings. The van der Waals surface area contributed by atoms with Crippen molar-refractivity contribution in [1.82, 2.24) is 9.97 Å². The van der Waals surface area contributed by atoms with Gasteiger partial charge in [-0.3, -0.25) is 0 Å². The molecule has 0 radical (unpaired) electrons. The van der Waals surface area contributed by atoms with Crippen LogP contribution in [0, 0.1) is 11.6 Å². The Balaban J connectivity index is 1.70. The van der Waals surface area contributed by atoms with Crippen molar-refractivity contribution in [2.45, 2.75) is 45.0 Å². The highest BCUT2D eigenvalue weighted by atomic mass is 32.2. The van der Waals surface area contributed by atoms with Gasteiger partial charge in [-0.25, -0.2) is 27.8 Å². The number of nitrogens with one attached hydrogen (secondary N) is 1. The number of anilines is 2. The van der Waals surface area contributed by atoms with Gasteiger partial charge in [-0.15, -0.1) is 4.36 Å². The number of benzene rings is 2. The number of hydrogen-bond donors (Lipinski definition) is 1. The lowest BCUT2D eigenvalue weighted by atomic mass is 10.1. The van der Waals surface area contributed by atoms with Crippen LogP contribution in [0.1, 0.15) is 39.2 Å². The van der Waals surface area contributed by atoms with Gasteiger partial charge in [-0.05, 0) is 63.4 Å². The van der Waals surface area contributed by atoms with E-state index in [1.807, 2.05) is 0 Å². The topological polar surface area (TPSA) is 112 Å². The number of carbonyl (C=O) groups is 1. The van der Waals surface area contributed by atoms with Gasteiger partial charge < -0.3 is 19.5 Å². The number of rotatable bonds is 2. The van der Waals surface area contributed by atoms with E-state index in [1.54, 1.807) is 39.0 Å². The summed E-state index contributed by atoms with van der Waals surface area (Å²) in [6.45, 7) is 5.70. The van der Waals surface area contributed by atoms with Crippen LogP contribution in [0.3, 0.4) is 0 Å². The lowest BCUT2D eigenvalue weighted by Gasteiger charge is -2.17. The standard InChI is InChI=1S/C27H30F2N4O5S/c1-27(2,3)38-26(34)33-39(4,35)16-17-11-19-14-20(12-17)36-9-5-6-10-37-23-13-18(28)7-8-21(23)24-22(29)15-30-25(31-19)32-24/h7-8,11-15H,5-6,9-10,16H2,1-4H3,(H,30,31,32). The third-order valence-electron chi connectivity index (χ3n) is 5.33. The van der Waals surface area contributed by atoms with E-state index in [9.17, 15) is 17.8 Å². The molecule has 1 aliphatic heterocycles. The second kappa shape index (κ2) is 11.5. The summed E-state index contributed by atoms with van der Waals surface area (Å²) in [5, 5.41) is 3.02. The van der Waals surface area contributed by atoms with Gasteiger partial charge in [0.15, 0.2) is 5.82 Å². The number of halogens is 2. The van der Waals surface area contributed by atoms with Gasteiger partial charge in [-0.2, -0.15) is 0 Å². The summed E-state index contributed by atoms with van der Waals surface area (Å²) in [6.07, 6.45) is 2.70. The number of aromatic nitrogens is 2. The molecule has 1 N–H and O–H groups in total. The van der Waals surface area contributed by atoms with Crippen LogP contribution in [0.15, 0.2) is 47.0 Å². The third-order valence-corrected chi connectivity index (χ3v) is 6.73. The first kappa shape index (κ1) is 28.2. The molecule has 4 rings (SSSR count). The van der Waals surface area contributed by atoms with Crippen molar-refractivity contribution in [3.8, 4) is 22.8 Å². The lowest BCUT2D eigenvalue weighted by molar-refractivity contribution is 0.0607. The molecule has 1 aromatic heterocycles. The number of amides is 1. The smallest absolute Gasteiger partial charge is 0.442 e. The Morgan fingerprint density at radius 2 is 1.87 bits per heavy atom. The Bertz CT molecular complexity index is 1500. The third kappa shape index (κ3) is 8.09. The zero-order chi connectivity index (χ0) is 28.2. The summed E-state index contributed by atoms with van der Waals surface area (Å²) in [6, 6.07) is 8.92. The number of hydrogen-bond acceptors (Lipinski definition) is 8. The van der Waals surface area contributed by atoms with Crippen LogP contribution in [-0.4, -0.2) is 45.3 Å². The van der Waals surface area contributed by atoms with Crippen molar-refractivity contribution >= 4 is 27.5 Å². The molecule has 0 saturated heterocycles. The molecule has 1 atom stereocenters. The molecule has 2 aromatic carbocycles. The minimum atomic E-state index is -3.00. The van der Waals surface area contributed by atoms with Crippen LogP contribution in [0.5, 0.6) is 11.5 Å². The van der Waals surface area contributed by atoms with Gasteiger partial charge in [0.1, 0.15) is 28.6 Å². The first-order valence-electron chi connectivity index (χ1n) is 12.3. The normalized spacial score (nSPS) is 15.1. The van der Waals surface area contributed by atoms with Crippen molar-refractivity contribution in [3.63, 3.8) is 0 Å². The SMILES string of the molecule is CC(C)(C)OC(=O)N=S(C)(=O)Cc1cc2cc(c1)OCCCCOc1cc(F)ccc1-c1nc(ncc1F)N2. The van der Waals surface area contributed by atoms with Crippen LogP contribution in [0.25, 0.3) is 11.3 Å². The maximum absolute atomic E-state index is 14.8. The van der Waals surface area contributed by atoms with E-state index in [-0.39, 0.29) is 35.3 Å². The highest BCUT2D eigenvalue weighted by molar-refractivity contribution is 7.92. The molecule has 12 heteroatoms. The molecule has 0 fully saturated rings. The largest absolute Gasteiger partial charge is 0.494 e. The fourth-order valence-electron chi connectivity index (χ4n) is 3.81. The molecule has 1 aliphatic rings. The summed E-state index contributed by atoms with van der Waals surface area (Å²) in [4.78, 5) is 20.5. The zero-order valence-electron chi connectivity index (χ0n) is 22.1. The summed E-state index contributed by atoms with van der Waals surface area (Å²) < 4.78 is 62.5. The first-order valence-corrected chi connectivity index (χ1v) is 14.4. The van der Waals surface area contributed by atoms with Gasteiger partial charge in [0.2, 0.25) is 5.95 Å². The molecule has 0 aliphatic carbocycles. The number of fused-ring (bicyclic) bond motifs is 6.